The number of benzene rings is 1. The first-order chi connectivity index (χ1) is 13.3. The van der Waals surface area contributed by atoms with Gasteiger partial charge in [0, 0.05) is 24.0 Å². The molecule has 0 atom stereocenters. The minimum absolute atomic E-state index is 0.0166. The lowest BCUT2D eigenvalue weighted by atomic mass is 10.1. The molecule has 0 saturated heterocycles. The van der Waals surface area contributed by atoms with Crippen LogP contribution in [-0.4, -0.2) is 51.3 Å². The summed E-state index contributed by atoms with van der Waals surface area (Å²) in [6.07, 6.45) is 0.196. The van der Waals surface area contributed by atoms with E-state index in [1.165, 1.54) is 26.4 Å². The molecular weight excluding hydrogens is 368 g/mol. The first kappa shape index (κ1) is 22.6. The molecule has 0 saturated carbocycles. The Balaban J connectivity index is 2.65. The predicted octanol–water partition coefficient (Wildman–Crippen LogP) is 2.24. The molecule has 0 aliphatic carbocycles. The molecule has 0 unspecified atom stereocenters. The highest BCUT2D eigenvalue weighted by Crippen LogP contribution is 2.13. The highest BCUT2D eigenvalue weighted by Gasteiger charge is 2.19. The van der Waals surface area contributed by atoms with E-state index in [-0.39, 0.29) is 48.3 Å². The lowest BCUT2D eigenvalue weighted by molar-refractivity contribution is -0.137. The smallest absolute Gasteiger partial charge is 0.339 e. The van der Waals surface area contributed by atoms with Gasteiger partial charge in [-0.25, -0.2) is 19.2 Å². The molecule has 0 aliphatic heterocycles. The van der Waals surface area contributed by atoms with Crippen LogP contribution < -0.4 is 0 Å². The molecule has 0 bridgehead atoms. The van der Waals surface area contributed by atoms with Gasteiger partial charge in [-0.1, -0.05) is 25.3 Å². The lowest BCUT2D eigenvalue weighted by Gasteiger charge is -2.10. The molecule has 1 aromatic carbocycles. The summed E-state index contributed by atoms with van der Waals surface area (Å²) in [4.78, 5) is 47.0. The van der Waals surface area contributed by atoms with Crippen molar-refractivity contribution in [3.8, 4) is 0 Å². The standard InChI is InChI=1S/C20H22O8/c1-13(17(21)25-3)9-11-27-19(23)15-7-5-6-8-16(15)20(24)28-12-10-14(2)18(22)26-4/h5-8H,1-2,9-12H2,3-4H3. The number of methoxy groups -OCH3 is 2. The van der Waals surface area contributed by atoms with Crippen LogP contribution >= 0.6 is 0 Å². The highest BCUT2D eigenvalue weighted by atomic mass is 16.5. The van der Waals surface area contributed by atoms with Crippen LogP contribution in [0.4, 0.5) is 0 Å². The third-order valence-corrected chi connectivity index (χ3v) is 3.59. The predicted molar refractivity (Wildman–Crippen MR) is 98.6 cm³/mol. The maximum absolute atomic E-state index is 12.2. The van der Waals surface area contributed by atoms with E-state index in [1.54, 1.807) is 12.1 Å². The summed E-state index contributed by atoms with van der Waals surface area (Å²) in [6, 6.07) is 5.97. The van der Waals surface area contributed by atoms with Gasteiger partial charge in [0.1, 0.15) is 0 Å². The zero-order valence-corrected chi connectivity index (χ0v) is 15.8. The molecule has 0 N–H and O–H groups in total. The highest BCUT2D eigenvalue weighted by molar-refractivity contribution is 6.03. The van der Waals surface area contributed by atoms with E-state index in [1.807, 2.05) is 0 Å². The second-order valence-corrected chi connectivity index (χ2v) is 5.51. The van der Waals surface area contributed by atoms with E-state index in [2.05, 4.69) is 22.6 Å². The van der Waals surface area contributed by atoms with E-state index < -0.39 is 23.9 Å². The molecule has 8 heteroatoms. The van der Waals surface area contributed by atoms with Crippen molar-refractivity contribution >= 4 is 23.9 Å². The van der Waals surface area contributed by atoms with Gasteiger partial charge >= 0.3 is 23.9 Å². The van der Waals surface area contributed by atoms with Crippen LogP contribution in [0.1, 0.15) is 33.6 Å². The summed E-state index contributed by atoms with van der Waals surface area (Å²) in [5.74, 6) is -2.67. The Labute approximate surface area is 162 Å². The Morgan fingerprint density at radius 1 is 0.750 bits per heavy atom. The van der Waals surface area contributed by atoms with Crippen molar-refractivity contribution < 1.29 is 38.1 Å². The van der Waals surface area contributed by atoms with Crippen molar-refractivity contribution in [1.82, 2.24) is 0 Å². The molecular formula is C20H22O8. The Bertz CT molecular complexity index is 713. The van der Waals surface area contributed by atoms with Crippen molar-refractivity contribution in [1.29, 1.82) is 0 Å². The second kappa shape index (κ2) is 11.3. The van der Waals surface area contributed by atoms with Crippen LogP contribution in [0.15, 0.2) is 48.6 Å². The molecule has 28 heavy (non-hydrogen) atoms. The molecule has 0 fully saturated rings. The summed E-state index contributed by atoms with van der Waals surface area (Å²) in [5.41, 5.74) is 0.355. The minimum atomic E-state index is -0.746. The van der Waals surface area contributed by atoms with Gasteiger partial charge in [0.25, 0.3) is 0 Å². The molecule has 8 nitrogen and oxygen atoms in total. The average Bonchev–Trinajstić information content (AvgIpc) is 2.71. The molecule has 0 radical (unpaired) electrons. The van der Waals surface area contributed by atoms with Gasteiger partial charge in [0.05, 0.1) is 38.6 Å². The summed E-state index contributed by atoms with van der Waals surface area (Å²) in [7, 11) is 2.45. The van der Waals surface area contributed by atoms with Crippen molar-refractivity contribution in [2.45, 2.75) is 12.8 Å². The SMILES string of the molecule is C=C(CCOC(=O)c1ccccc1C(=O)OCCC(=C)C(=O)OC)C(=O)OC. The number of esters is 4. The van der Waals surface area contributed by atoms with Crippen LogP contribution in [0.5, 0.6) is 0 Å². The van der Waals surface area contributed by atoms with Crippen LogP contribution in [0.2, 0.25) is 0 Å². The quantitative estimate of drug-likeness (QED) is 0.340. The Hall–Kier alpha value is -3.42. The van der Waals surface area contributed by atoms with Crippen molar-refractivity contribution in [3.63, 3.8) is 0 Å². The van der Waals surface area contributed by atoms with Crippen LogP contribution in [-0.2, 0) is 28.5 Å². The van der Waals surface area contributed by atoms with Crippen molar-refractivity contribution in [2.75, 3.05) is 27.4 Å². The first-order valence-electron chi connectivity index (χ1n) is 8.27. The third kappa shape index (κ3) is 6.71. The van der Waals surface area contributed by atoms with Gasteiger partial charge in [-0.15, -0.1) is 0 Å². The fraction of sp³-hybridized carbons (Fsp3) is 0.300. The van der Waals surface area contributed by atoms with E-state index in [9.17, 15) is 19.2 Å². The molecule has 0 amide bonds. The molecule has 0 aromatic heterocycles. The number of ether oxygens (including phenoxy) is 4. The number of carbonyl (C=O) groups is 4. The van der Waals surface area contributed by atoms with Crippen LogP contribution in [0.25, 0.3) is 0 Å². The van der Waals surface area contributed by atoms with Crippen molar-refractivity contribution in [2.24, 2.45) is 0 Å². The molecule has 0 heterocycles. The van der Waals surface area contributed by atoms with Gasteiger partial charge in [0.2, 0.25) is 0 Å². The number of carbonyl (C=O) groups excluding carboxylic acids is 4. The molecule has 1 rings (SSSR count). The third-order valence-electron chi connectivity index (χ3n) is 3.59. The molecule has 0 aliphatic rings. The maximum atomic E-state index is 12.2. The van der Waals surface area contributed by atoms with E-state index >= 15 is 0 Å². The van der Waals surface area contributed by atoms with E-state index in [0.29, 0.717) is 0 Å². The average molecular weight is 390 g/mol. The molecule has 0 spiro atoms. The van der Waals surface area contributed by atoms with Gasteiger partial charge < -0.3 is 18.9 Å². The molecule has 150 valence electrons. The lowest BCUT2D eigenvalue weighted by Crippen LogP contribution is -2.16. The van der Waals surface area contributed by atoms with E-state index in [0.717, 1.165) is 0 Å². The zero-order valence-electron chi connectivity index (χ0n) is 15.8. The Kier molecular flexibility index (Phi) is 9.15. The Morgan fingerprint density at radius 3 is 1.43 bits per heavy atom. The summed E-state index contributed by atoms with van der Waals surface area (Å²) >= 11 is 0. The summed E-state index contributed by atoms with van der Waals surface area (Å²) < 4.78 is 19.2. The van der Waals surface area contributed by atoms with E-state index in [4.69, 9.17) is 9.47 Å². The summed E-state index contributed by atoms with van der Waals surface area (Å²) in [6.45, 7) is 6.85. The van der Waals surface area contributed by atoms with Crippen LogP contribution in [0, 0.1) is 0 Å². The summed E-state index contributed by atoms with van der Waals surface area (Å²) in [5, 5.41) is 0. The maximum Gasteiger partial charge on any atom is 0.339 e. The van der Waals surface area contributed by atoms with Gasteiger partial charge in [0.15, 0.2) is 0 Å². The second-order valence-electron chi connectivity index (χ2n) is 5.51. The van der Waals surface area contributed by atoms with Crippen molar-refractivity contribution in [3.05, 3.63) is 59.7 Å². The zero-order chi connectivity index (χ0) is 21.1. The fourth-order valence-electron chi connectivity index (χ4n) is 2.02. The fourth-order valence-corrected chi connectivity index (χ4v) is 2.02. The normalized spacial score (nSPS) is 9.79. The first-order valence-corrected chi connectivity index (χ1v) is 8.27. The largest absolute Gasteiger partial charge is 0.466 e. The monoisotopic (exact) mass is 390 g/mol. The Morgan fingerprint density at radius 2 is 1.11 bits per heavy atom. The topological polar surface area (TPSA) is 105 Å². The minimum Gasteiger partial charge on any atom is -0.466 e. The number of hydrogen-bond acceptors (Lipinski definition) is 8. The van der Waals surface area contributed by atoms with Crippen LogP contribution in [0.3, 0.4) is 0 Å². The van der Waals surface area contributed by atoms with Gasteiger partial charge in [-0.05, 0) is 12.1 Å². The molecule has 1 aromatic rings. The van der Waals surface area contributed by atoms with Gasteiger partial charge in [-0.3, -0.25) is 0 Å². The number of rotatable bonds is 10. The number of hydrogen-bond donors (Lipinski definition) is 0. The van der Waals surface area contributed by atoms with Gasteiger partial charge in [-0.2, -0.15) is 0 Å².